The molecule has 2 aromatic heterocycles. The maximum absolute atomic E-state index is 6.07. The number of rotatable bonds is 8. The molecule has 0 bridgehead atoms. The molecule has 0 aliphatic heterocycles. The first-order valence-corrected chi connectivity index (χ1v) is 11.0. The molecule has 0 aliphatic carbocycles. The van der Waals surface area contributed by atoms with Crippen LogP contribution < -0.4 is 15.4 Å². The molecule has 0 aliphatic rings. The van der Waals surface area contributed by atoms with Crippen LogP contribution in [0.1, 0.15) is 18.5 Å². The van der Waals surface area contributed by atoms with Gasteiger partial charge in [-0.1, -0.05) is 36.9 Å². The summed E-state index contributed by atoms with van der Waals surface area (Å²) < 4.78 is 8.00. The highest BCUT2D eigenvalue weighted by Gasteiger charge is 2.11. The van der Waals surface area contributed by atoms with Gasteiger partial charge in [-0.15, -0.1) is 0 Å². The molecule has 0 amide bonds. The quantitative estimate of drug-likeness (QED) is 0.289. The number of nitrogens with one attached hydrogen (secondary N) is 2. The summed E-state index contributed by atoms with van der Waals surface area (Å²) in [7, 11) is 0. The van der Waals surface area contributed by atoms with Gasteiger partial charge in [-0.3, -0.25) is 4.57 Å². The number of nitrogens with zero attached hydrogens (tertiary/aromatic N) is 4. The van der Waals surface area contributed by atoms with Crippen molar-refractivity contribution in [3.05, 3.63) is 110 Å². The predicted molar refractivity (Wildman–Crippen MR) is 135 cm³/mol. The highest BCUT2D eigenvalue weighted by molar-refractivity contribution is 5.78. The van der Waals surface area contributed by atoms with Gasteiger partial charge in [0.1, 0.15) is 23.6 Å². The summed E-state index contributed by atoms with van der Waals surface area (Å²) in [6, 6.07) is 25.6. The molecule has 0 saturated heterocycles. The molecular formula is C27H24N6O. The van der Waals surface area contributed by atoms with Crippen molar-refractivity contribution >= 4 is 22.7 Å². The van der Waals surface area contributed by atoms with Gasteiger partial charge in [-0.2, -0.15) is 4.98 Å². The van der Waals surface area contributed by atoms with E-state index in [1.54, 1.807) is 18.7 Å². The topological polar surface area (TPSA) is 76.9 Å². The molecule has 2 heterocycles. The summed E-state index contributed by atoms with van der Waals surface area (Å²) in [4.78, 5) is 13.6. The largest absolute Gasteiger partial charge is 0.457 e. The second-order valence-corrected chi connectivity index (χ2v) is 7.76. The number of fused-ring (bicyclic) bond motifs is 1. The smallest absolute Gasteiger partial charge is 0.225 e. The summed E-state index contributed by atoms with van der Waals surface area (Å²) in [5, 5.41) is 6.42. The van der Waals surface area contributed by atoms with Crippen molar-refractivity contribution < 1.29 is 4.74 Å². The standard InChI is InChI=1S/C27H24N6O/c1-3-28-21-9-11-22(12-10-21)34-23-13-14-24-25(17-23)33(18-30-24)26-15-16-29-27(32-26)31-19(2)20-7-5-4-6-8-20/h3-19,28H,1H2,2H3,(H,29,31,32). The molecule has 5 rings (SSSR count). The Labute approximate surface area is 197 Å². The van der Waals surface area contributed by atoms with Gasteiger partial charge >= 0.3 is 0 Å². The number of benzene rings is 3. The molecule has 0 radical (unpaired) electrons. The first-order valence-electron chi connectivity index (χ1n) is 11.0. The van der Waals surface area contributed by atoms with E-state index in [1.165, 1.54) is 5.56 Å². The molecule has 168 valence electrons. The van der Waals surface area contributed by atoms with Gasteiger partial charge in [0.2, 0.25) is 5.95 Å². The first-order chi connectivity index (χ1) is 16.7. The lowest BCUT2D eigenvalue weighted by atomic mass is 10.1. The fourth-order valence-electron chi connectivity index (χ4n) is 3.68. The number of imidazole rings is 1. The Kier molecular flexibility index (Phi) is 5.90. The summed E-state index contributed by atoms with van der Waals surface area (Å²) in [5.41, 5.74) is 3.86. The van der Waals surface area contributed by atoms with Crippen LogP contribution in [0.4, 0.5) is 11.6 Å². The maximum atomic E-state index is 6.07. The molecule has 2 N–H and O–H groups in total. The third kappa shape index (κ3) is 4.59. The fraction of sp³-hybridized carbons (Fsp3) is 0.0741. The minimum atomic E-state index is 0.0732. The van der Waals surface area contributed by atoms with Crippen LogP contribution in [-0.4, -0.2) is 19.5 Å². The van der Waals surface area contributed by atoms with Gasteiger partial charge in [-0.25, -0.2) is 9.97 Å². The Balaban J connectivity index is 1.39. The Morgan fingerprint density at radius 2 is 1.74 bits per heavy atom. The first kappa shape index (κ1) is 21.2. The summed E-state index contributed by atoms with van der Waals surface area (Å²) >= 11 is 0. The van der Waals surface area contributed by atoms with E-state index in [0.717, 1.165) is 28.3 Å². The molecule has 1 unspecified atom stereocenters. The van der Waals surface area contributed by atoms with Crippen LogP contribution in [0.5, 0.6) is 11.5 Å². The second-order valence-electron chi connectivity index (χ2n) is 7.76. The van der Waals surface area contributed by atoms with Crippen molar-refractivity contribution in [1.82, 2.24) is 19.5 Å². The third-order valence-electron chi connectivity index (χ3n) is 5.41. The zero-order valence-electron chi connectivity index (χ0n) is 18.7. The van der Waals surface area contributed by atoms with Crippen LogP contribution in [0.25, 0.3) is 16.9 Å². The monoisotopic (exact) mass is 448 g/mol. The highest BCUT2D eigenvalue weighted by Crippen LogP contribution is 2.27. The molecule has 1 atom stereocenters. The van der Waals surface area contributed by atoms with E-state index in [1.807, 2.05) is 71.3 Å². The molecule has 0 saturated carbocycles. The van der Waals surface area contributed by atoms with Gasteiger partial charge in [0.25, 0.3) is 0 Å². The van der Waals surface area contributed by atoms with Crippen molar-refractivity contribution in [2.24, 2.45) is 0 Å². The Morgan fingerprint density at radius 1 is 0.941 bits per heavy atom. The average molecular weight is 449 g/mol. The molecular weight excluding hydrogens is 424 g/mol. The zero-order valence-corrected chi connectivity index (χ0v) is 18.7. The number of hydrogen-bond donors (Lipinski definition) is 2. The van der Waals surface area contributed by atoms with E-state index in [4.69, 9.17) is 9.72 Å². The lowest BCUT2D eigenvalue weighted by molar-refractivity contribution is 0.483. The average Bonchev–Trinajstić information content (AvgIpc) is 3.29. The molecule has 5 aromatic rings. The van der Waals surface area contributed by atoms with Crippen molar-refractivity contribution in [2.75, 3.05) is 10.6 Å². The van der Waals surface area contributed by atoms with Crippen LogP contribution in [-0.2, 0) is 0 Å². The van der Waals surface area contributed by atoms with Crippen molar-refractivity contribution in [3.8, 4) is 17.3 Å². The van der Waals surface area contributed by atoms with E-state index in [9.17, 15) is 0 Å². The van der Waals surface area contributed by atoms with Crippen LogP contribution in [0.15, 0.2) is 104 Å². The summed E-state index contributed by atoms with van der Waals surface area (Å²) in [6.07, 6.45) is 5.14. The lowest BCUT2D eigenvalue weighted by Crippen LogP contribution is -2.10. The fourth-order valence-corrected chi connectivity index (χ4v) is 3.68. The van der Waals surface area contributed by atoms with Crippen LogP contribution in [0.2, 0.25) is 0 Å². The Bertz CT molecular complexity index is 1410. The minimum absolute atomic E-state index is 0.0732. The Morgan fingerprint density at radius 3 is 2.53 bits per heavy atom. The van der Waals surface area contributed by atoms with E-state index < -0.39 is 0 Å². The van der Waals surface area contributed by atoms with Gasteiger partial charge < -0.3 is 15.4 Å². The molecule has 3 aromatic carbocycles. The van der Waals surface area contributed by atoms with Crippen LogP contribution >= 0.6 is 0 Å². The van der Waals surface area contributed by atoms with E-state index in [-0.39, 0.29) is 6.04 Å². The molecule has 7 nitrogen and oxygen atoms in total. The van der Waals surface area contributed by atoms with Crippen molar-refractivity contribution in [1.29, 1.82) is 0 Å². The van der Waals surface area contributed by atoms with E-state index >= 15 is 0 Å². The van der Waals surface area contributed by atoms with E-state index in [2.05, 4.69) is 46.2 Å². The number of anilines is 2. The summed E-state index contributed by atoms with van der Waals surface area (Å²) in [6.45, 7) is 5.76. The Hall–Kier alpha value is -4.65. The van der Waals surface area contributed by atoms with E-state index in [0.29, 0.717) is 11.7 Å². The van der Waals surface area contributed by atoms with Gasteiger partial charge in [0.05, 0.1) is 17.1 Å². The number of ether oxygens (including phenoxy) is 1. The third-order valence-corrected chi connectivity index (χ3v) is 5.41. The number of hydrogen-bond acceptors (Lipinski definition) is 6. The van der Waals surface area contributed by atoms with Gasteiger partial charge in [0, 0.05) is 18.0 Å². The van der Waals surface area contributed by atoms with Gasteiger partial charge in [0.15, 0.2) is 0 Å². The SMILES string of the molecule is C=CNc1ccc(Oc2ccc3ncn(-c4ccnc(NC(C)c5ccccc5)n4)c3c2)cc1. The summed E-state index contributed by atoms with van der Waals surface area (Å²) in [5.74, 6) is 2.72. The lowest BCUT2D eigenvalue weighted by Gasteiger charge is -2.14. The number of aromatic nitrogens is 4. The molecule has 7 heteroatoms. The van der Waals surface area contributed by atoms with Gasteiger partial charge in [-0.05, 0) is 61.2 Å². The predicted octanol–water partition coefficient (Wildman–Crippen LogP) is 6.34. The maximum Gasteiger partial charge on any atom is 0.225 e. The second kappa shape index (κ2) is 9.46. The molecule has 34 heavy (non-hydrogen) atoms. The normalized spacial score (nSPS) is 11.7. The zero-order chi connectivity index (χ0) is 23.3. The highest BCUT2D eigenvalue weighted by atomic mass is 16.5. The van der Waals surface area contributed by atoms with Crippen LogP contribution in [0, 0.1) is 0 Å². The minimum Gasteiger partial charge on any atom is -0.457 e. The van der Waals surface area contributed by atoms with Crippen LogP contribution in [0.3, 0.4) is 0 Å². The van der Waals surface area contributed by atoms with Crippen molar-refractivity contribution in [2.45, 2.75) is 13.0 Å². The molecule has 0 spiro atoms. The molecule has 0 fully saturated rings. The van der Waals surface area contributed by atoms with Crippen molar-refractivity contribution in [3.63, 3.8) is 0 Å².